The van der Waals surface area contributed by atoms with E-state index in [2.05, 4.69) is 20.6 Å². The van der Waals surface area contributed by atoms with E-state index in [9.17, 15) is 19.5 Å². The standard InChI is InChI=1S/C16H16N6O4/c23-13-11-3-2-10(19-12-4-6-17-9-18-12)14(24)22(11)16(20-13)5-1-7-21(8-16)15(25)26/h2-4,6,9H,1,5,7-8H2,(H,20,23)(H,25,26)(H,17,18,19). The topological polar surface area (TPSA) is 129 Å². The fourth-order valence-corrected chi connectivity index (χ4v) is 3.55. The number of pyridine rings is 1. The Labute approximate surface area is 147 Å². The molecule has 3 N–H and O–H groups in total. The van der Waals surface area contributed by atoms with Crippen LogP contribution < -0.4 is 16.2 Å². The van der Waals surface area contributed by atoms with Gasteiger partial charge < -0.3 is 20.6 Å². The number of hydrogen-bond acceptors (Lipinski definition) is 6. The lowest BCUT2D eigenvalue weighted by atomic mass is 9.98. The lowest BCUT2D eigenvalue weighted by Crippen LogP contribution is -2.58. The molecule has 1 spiro atoms. The maximum absolute atomic E-state index is 13.1. The number of carboxylic acid groups (broad SMARTS) is 1. The third-order valence-corrected chi connectivity index (χ3v) is 4.68. The molecule has 4 heterocycles. The Morgan fingerprint density at radius 1 is 1.31 bits per heavy atom. The van der Waals surface area contributed by atoms with Crippen LogP contribution in [-0.2, 0) is 5.66 Å². The molecule has 2 aliphatic heterocycles. The summed E-state index contributed by atoms with van der Waals surface area (Å²) in [5.41, 5.74) is -1.01. The predicted molar refractivity (Wildman–Crippen MR) is 90.3 cm³/mol. The first-order valence-corrected chi connectivity index (χ1v) is 8.10. The van der Waals surface area contributed by atoms with Crippen LogP contribution in [0.1, 0.15) is 23.3 Å². The highest BCUT2D eigenvalue weighted by Gasteiger charge is 2.47. The van der Waals surface area contributed by atoms with Gasteiger partial charge in [-0.15, -0.1) is 0 Å². The highest BCUT2D eigenvalue weighted by atomic mass is 16.4. The molecule has 134 valence electrons. The van der Waals surface area contributed by atoms with Gasteiger partial charge in [-0.1, -0.05) is 0 Å². The fraction of sp³-hybridized carbons (Fsp3) is 0.312. The molecule has 26 heavy (non-hydrogen) atoms. The number of aromatic nitrogens is 3. The first-order chi connectivity index (χ1) is 12.5. The first kappa shape index (κ1) is 16.1. The van der Waals surface area contributed by atoms with Crippen LogP contribution in [0.25, 0.3) is 0 Å². The first-order valence-electron chi connectivity index (χ1n) is 8.10. The largest absolute Gasteiger partial charge is 0.465 e. The van der Waals surface area contributed by atoms with Gasteiger partial charge in [0.05, 0.1) is 6.54 Å². The van der Waals surface area contributed by atoms with Gasteiger partial charge in [-0.05, 0) is 31.0 Å². The molecular formula is C16H16N6O4. The zero-order valence-corrected chi connectivity index (χ0v) is 13.7. The van der Waals surface area contributed by atoms with Crippen molar-refractivity contribution in [2.24, 2.45) is 0 Å². The Morgan fingerprint density at radius 3 is 2.88 bits per heavy atom. The van der Waals surface area contributed by atoms with Crippen LogP contribution in [0.4, 0.5) is 16.3 Å². The van der Waals surface area contributed by atoms with Crippen molar-refractivity contribution in [2.45, 2.75) is 18.5 Å². The van der Waals surface area contributed by atoms with Crippen molar-refractivity contribution in [1.29, 1.82) is 0 Å². The number of hydrogen-bond donors (Lipinski definition) is 3. The van der Waals surface area contributed by atoms with E-state index in [1.54, 1.807) is 18.3 Å². The highest BCUT2D eigenvalue weighted by molar-refractivity contribution is 5.95. The van der Waals surface area contributed by atoms with E-state index in [0.29, 0.717) is 25.2 Å². The summed E-state index contributed by atoms with van der Waals surface area (Å²) in [4.78, 5) is 45.9. The number of nitrogens with zero attached hydrogens (tertiary/aromatic N) is 4. The van der Waals surface area contributed by atoms with Crippen molar-refractivity contribution >= 4 is 23.5 Å². The fourth-order valence-electron chi connectivity index (χ4n) is 3.55. The van der Waals surface area contributed by atoms with E-state index < -0.39 is 17.3 Å². The quantitative estimate of drug-likeness (QED) is 0.716. The Kier molecular flexibility index (Phi) is 3.60. The lowest BCUT2D eigenvalue weighted by Gasteiger charge is -2.40. The molecule has 0 bridgehead atoms. The minimum Gasteiger partial charge on any atom is -0.465 e. The maximum Gasteiger partial charge on any atom is 0.407 e. The summed E-state index contributed by atoms with van der Waals surface area (Å²) in [6.45, 7) is 0.397. The molecule has 0 aliphatic carbocycles. The Morgan fingerprint density at radius 2 is 2.15 bits per heavy atom. The number of piperidine rings is 1. The molecule has 1 saturated heterocycles. The summed E-state index contributed by atoms with van der Waals surface area (Å²) in [5, 5.41) is 15.1. The summed E-state index contributed by atoms with van der Waals surface area (Å²) in [5.74, 6) is 0.0581. The van der Waals surface area contributed by atoms with Crippen LogP contribution in [0.2, 0.25) is 0 Å². The third kappa shape index (κ3) is 2.46. The van der Waals surface area contributed by atoms with Gasteiger partial charge in [0.25, 0.3) is 11.5 Å². The van der Waals surface area contributed by atoms with Crippen molar-refractivity contribution < 1.29 is 14.7 Å². The van der Waals surface area contributed by atoms with Gasteiger partial charge in [0.2, 0.25) is 0 Å². The molecular weight excluding hydrogens is 340 g/mol. The predicted octanol–water partition coefficient (Wildman–Crippen LogP) is 0.552. The van der Waals surface area contributed by atoms with Crippen LogP contribution in [0.5, 0.6) is 0 Å². The molecule has 1 fully saturated rings. The Bertz CT molecular complexity index is 944. The molecule has 4 rings (SSSR count). The van der Waals surface area contributed by atoms with Crippen molar-refractivity contribution in [3.05, 3.63) is 46.8 Å². The van der Waals surface area contributed by atoms with Crippen LogP contribution in [0, 0.1) is 0 Å². The van der Waals surface area contributed by atoms with Gasteiger partial charge in [-0.25, -0.2) is 14.8 Å². The van der Waals surface area contributed by atoms with Crippen LogP contribution in [0.15, 0.2) is 35.5 Å². The number of carbonyl (C=O) groups is 2. The van der Waals surface area contributed by atoms with Gasteiger partial charge in [-0.2, -0.15) is 0 Å². The SMILES string of the molecule is O=C1NC2(CCCN(C(=O)O)C2)n2c1ccc(Nc1ccncn1)c2=O. The minimum atomic E-state index is -1.07. The molecule has 1 unspecified atom stereocenters. The molecule has 10 nitrogen and oxygen atoms in total. The summed E-state index contributed by atoms with van der Waals surface area (Å²) in [7, 11) is 0. The molecule has 1 atom stereocenters. The average Bonchev–Trinajstić information content (AvgIpc) is 2.90. The summed E-state index contributed by atoms with van der Waals surface area (Å²) in [6.07, 6.45) is 2.84. The second-order valence-corrected chi connectivity index (χ2v) is 6.29. The second-order valence-electron chi connectivity index (χ2n) is 6.29. The van der Waals surface area contributed by atoms with Gasteiger partial charge >= 0.3 is 6.09 Å². The molecule has 0 radical (unpaired) electrons. The van der Waals surface area contributed by atoms with E-state index in [0.717, 1.165) is 0 Å². The molecule has 2 amide bonds. The van der Waals surface area contributed by atoms with Crippen molar-refractivity contribution in [2.75, 3.05) is 18.4 Å². The van der Waals surface area contributed by atoms with Gasteiger partial charge in [0, 0.05) is 12.7 Å². The van der Waals surface area contributed by atoms with Crippen molar-refractivity contribution in [3.8, 4) is 0 Å². The molecule has 10 heteroatoms. The molecule has 0 aromatic carbocycles. The average molecular weight is 356 g/mol. The van der Waals surface area contributed by atoms with E-state index in [-0.39, 0.29) is 23.8 Å². The summed E-state index contributed by atoms with van der Waals surface area (Å²) >= 11 is 0. The monoisotopic (exact) mass is 356 g/mol. The zero-order valence-electron chi connectivity index (χ0n) is 13.7. The number of fused-ring (bicyclic) bond motifs is 2. The van der Waals surface area contributed by atoms with E-state index in [1.807, 2.05) is 0 Å². The number of amides is 2. The number of likely N-dealkylation sites (tertiary alicyclic amines) is 1. The minimum absolute atomic E-state index is 0.0257. The smallest absolute Gasteiger partial charge is 0.407 e. The van der Waals surface area contributed by atoms with E-state index >= 15 is 0 Å². The number of rotatable bonds is 2. The second kappa shape index (κ2) is 5.83. The van der Waals surface area contributed by atoms with Crippen molar-refractivity contribution in [1.82, 2.24) is 24.8 Å². The summed E-state index contributed by atoms with van der Waals surface area (Å²) in [6, 6.07) is 4.69. The normalized spacial score (nSPS) is 21.4. The number of nitrogens with one attached hydrogen (secondary N) is 2. The zero-order chi connectivity index (χ0) is 18.3. The highest BCUT2D eigenvalue weighted by Crippen LogP contribution is 2.31. The maximum atomic E-state index is 13.1. The lowest BCUT2D eigenvalue weighted by molar-refractivity contribution is 0.0635. The molecule has 2 aromatic heterocycles. The number of carbonyl (C=O) groups excluding carboxylic acids is 1. The van der Waals surface area contributed by atoms with E-state index in [1.165, 1.54) is 21.9 Å². The van der Waals surface area contributed by atoms with Gasteiger partial charge in [-0.3, -0.25) is 14.2 Å². The van der Waals surface area contributed by atoms with Gasteiger partial charge in [0.1, 0.15) is 29.2 Å². The van der Waals surface area contributed by atoms with Gasteiger partial charge in [0.15, 0.2) is 0 Å². The number of anilines is 2. The summed E-state index contributed by atoms with van der Waals surface area (Å²) < 4.78 is 1.37. The van der Waals surface area contributed by atoms with Crippen LogP contribution in [0.3, 0.4) is 0 Å². The van der Waals surface area contributed by atoms with Crippen LogP contribution in [-0.4, -0.2) is 49.6 Å². The molecule has 2 aromatic rings. The molecule has 0 saturated carbocycles. The van der Waals surface area contributed by atoms with Crippen LogP contribution >= 0.6 is 0 Å². The van der Waals surface area contributed by atoms with E-state index in [4.69, 9.17) is 0 Å². The third-order valence-electron chi connectivity index (χ3n) is 4.68. The Hall–Kier alpha value is -3.43. The Balaban J connectivity index is 1.78. The van der Waals surface area contributed by atoms with Crippen molar-refractivity contribution in [3.63, 3.8) is 0 Å². The molecule has 2 aliphatic rings.